The van der Waals surface area contributed by atoms with E-state index in [2.05, 4.69) is 0 Å². The molecular weight excluding hydrogens is 264 g/mol. The molecule has 0 amide bonds. The first-order valence-electron chi connectivity index (χ1n) is 4.79. The molecule has 0 bridgehead atoms. The fourth-order valence-electron chi connectivity index (χ4n) is 1.16. The lowest BCUT2D eigenvalue weighted by Crippen LogP contribution is -2.17. The van der Waals surface area contributed by atoms with Crippen LogP contribution in [0.4, 0.5) is 11.4 Å². The molecular formula is C9H10N2O6S. The van der Waals surface area contributed by atoms with Crippen LogP contribution in [0.3, 0.4) is 0 Å². The number of hydrogen-bond donors (Lipinski definition) is 2. The van der Waals surface area contributed by atoms with Crippen molar-refractivity contribution in [1.82, 2.24) is 0 Å². The first-order valence-corrected chi connectivity index (χ1v) is 6.44. The Kier molecular flexibility index (Phi) is 3.86. The Labute approximate surface area is 102 Å². The number of nitrogens with one attached hydrogen (secondary N) is 1. The van der Waals surface area contributed by atoms with Crippen LogP contribution in [0.25, 0.3) is 0 Å². The molecule has 0 saturated heterocycles. The maximum atomic E-state index is 11.4. The Morgan fingerprint density at radius 2 is 2.11 bits per heavy atom. The molecule has 1 aromatic rings. The third-order valence-electron chi connectivity index (χ3n) is 2.09. The third kappa shape index (κ3) is 3.17. The SMILES string of the molecule is CCS(=O)(=O)Nc1cc([N+](=O)[O-])ccc1C(=O)O. The normalized spacial score (nSPS) is 10.9. The summed E-state index contributed by atoms with van der Waals surface area (Å²) in [7, 11) is -3.71. The summed E-state index contributed by atoms with van der Waals surface area (Å²) in [6.45, 7) is 1.36. The molecule has 0 heterocycles. The van der Waals surface area contributed by atoms with Gasteiger partial charge in [0.2, 0.25) is 10.0 Å². The number of carbonyl (C=O) groups is 1. The Morgan fingerprint density at radius 1 is 1.50 bits per heavy atom. The molecule has 0 aromatic heterocycles. The molecule has 2 N–H and O–H groups in total. The second kappa shape index (κ2) is 5.00. The number of nitro groups is 1. The predicted molar refractivity (Wildman–Crippen MR) is 63.1 cm³/mol. The summed E-state index contributed by atoms with van der Waals surface area (Å²) in [4.78, 5) is 20.7. The van der Waals surface area contributed by atoms with E-state index in [9.17, 15) is 23.3 Å². The van der Waals surface area contributed by atoms with Crippen molar-refractivity contribution < 1.29 is 23.2 Å². The fraction of sp³-hybridized carbons (Fsp3) is 0.222. The van der Waals surface area contributed by atoms with Crippen molar-refractivity contribution in [1.29, 1.82) is 0 Å². The van der Waals surface area contributed by atoms with Gasteiger partial charge in [0.15, 0.2) is 0 Å². The number of hydrogen-bond acceptors (Lipinski definition) is 5. The third-order valence-corrected chi connectivity index (χ3v) is 3.38. The van der Waals surface area contributed by atoms with Crippen LogP contribution in [0.15, 0.2) is 18.2 Å². The highest BCUT2D eigenvalue weighted by atomic mass is 32.2. The van der Waals surface area contributed by atoms with Gasteiger partial charge < -0.3 is 5.11 Å². The Balaban J connectivity index is 3.33. The molecule has 0 fully saturated rings. The predicted octanol–water partition coefficient (Wildman–Crippen LogP) is 1.05. The number of benzene rings is 1. The molecule has 18 heavy (non-hydrogen) atoms. The van der Waals surface area contributed by atoms with Gasteiger partial charge in [-0.3, -0.25) is 14.8 Å². The van der Waals surface area contributed by atoms with Crippen LogP contribution in [0.5, 0.6) is 0 Å². The zero-order valence-corrected chi connectivity index (χ0v) is 10.1. The minimum absolute atomic E-state index is 0.269. The van der Waals surface area contributed by atoms with E-state index in [-0.39, 0.29) is 17.0 Å². The Bertz CT molecular complexity index is 595. The molecule has 0 unspecified atom stereocenters. The lowest BCUT2D eigenvalue weighted by atomic mass is 10.1. The number of carboxylic acid groups (broad SMARTS) is 1. The van der Waals surface area contributed by atoms with Gasteiger partial charge in [-0.25, -0.2) is 13.2 Å². The van der Waals surface area contributed by atoms with Crippen LogP contribution in [0.2, 0.25) is 0 Å². The lowest BCUT2D eigenvalue weighted by molar-refractivity contribution is -0.384. The number of nitro benzene ring substituents is 1. The highest BCUT2D eigenvalue weighted by Gasteiger charge is 2.18. The summed E-state index contributed by atoms with van der Waals surface area (Å²) in [6.07, 6.45) is 0. The molecule has 0 aliphatic rings. The standard InChI is InChI=1S/C9H10N2O6S/c1-2-18(16,17)10-8-5-6(11(14)15)3-4-7(8)9(12)13/h3-5,10H,2H2,1H3,(H,12,13). The zero-order valence-electron chi connectivity index (χ0n) is 9.28. The second-order valence-corrected chi connectivity index (χ2v) is 5.31. The average molecular weight is 274 g/mol. The zero-order chi connectivity index (χ0) is 13.9. The van der Waals surface area contributed by atoms with Crippen molar-refractivity contribution in [2.24, 2.45) is 0 Å². The van der Waals surface area contributed by atoms with Crippen LogP contribution in [-0.2, 0) is 10.0 Å². The summed E-state index contributed by atoms with van der Waals surface area (Å²) in [5, 5.41) is 19.4. The van der Waals surface area contributed by atoms with E-state index in [1.807, 2.05) is 4.72 Å². The molecule has 0 spiro atoms. The van der Waals surface area contributed by atoms with Gasteiger partial charge >= 0.3 is 5.97 Å². The number of carboxylic acids is 1. The van der Waals surface area contributed by atoms with E-state index in [4.69, 9.17) is 5.11 Å². The number of anilines is 1. The van der Waals surface area contributed by atoms with Crippen LogP contribution < -0.4 is 4.72 Å². The van der Waals surface area contributed by atoms with Gasteiger partial charge in [-0.1, -0.05) is 0 Å². The minimum Gasteiger partial charge on any atom is -0.478 e. The highest BCUT2D eigenvalue weighted by Crippen LogP contribution is 2.23. The molecule has 1 rings (SSSR count). The van der Waals surface area contributed by atoms with Crippen molar-refractivity contribution in [2.75, 3.05) is 10.5 Å². The molecule has 1 aromatic carbocycles. The molecule has 0 aliphatic carbocycles. The molecule has 9 heteroatoms. The summed E-state index contributed by atoms with van der Waals surface area (Å²) in [6, 6.07) is 2.85. The van der Waals surface area contributed by atoms with E-state index < -0.39 is 26.6 Å². The van der Waals surface area contributed by atoms with Crippen molar-refractivity contribution in [3.05, 3.63) is 33.9 Å². The van der Waals surface area contributed by atoms with Crippen LogP contribution in [0, 0.1) is 10.1 Å². The van der Waals surface area contributed by atoms with E-state index in [0.29, 0.717) is 0 Å². The maximum Gasteiger partial charge on any atom is 0.337 e. The van der Waals surface area contributed by atoms with Gasteiger partial charge in [-0.05, 0) is 13.0 Å². The Morgan fingerprint density at radius 3 is 2.56 bits per heavy atom. The van der Waals surface area contributed by atoms with Crippen molar-refractivity contribution in [3.8, 4) is 0 Å². The number of aromatic carboxylic acids is 1. The quantitative estimate of drug-likeness (QED) is 0.610. The van der Waals surface area contributed by atoms with Gasteiger partial charge in [-0.2, -0.15) is 0 Å². The molecule has 0 aliphatic heterocycles. The average Bonchev–Trinajstić information content (AvgIpc) is 2.28. The summed E-state index contributed by atoms with van der Waals surface area (Å²) >= 11 is 0. The molecule has 0 atom stereocenters. The van der Waals surface area contributed by atoms with E-state index >= 15 is 0 Å². The molecule has 0 saturated carbocycles. The lowest BCUT2D eigenvalue weighted by Gasteiger charge is -2.08. The minimum atomic E-state index is -3.71. The van der Waals surface area contributed by atoms with Gasteiger partial charge in [0.1, 0.15) is 0 Å². The van der Waals surface area contributed by atoms with Crippen molar-refractivity contribution in [2.45, 2.75) is 6.92 Å². The first-order chi connectivity index (χ1) is 8.26. The van der Waals surface area contributed by atoms with Gasteiger partial charge in [-0.15, -0.1) is 0 Å². The van der Waals surface area contributed by atoms with Crippen molar-refractivity contribution in [3.63, 3.8) is 0 Å². The largest absolute Gasteiger partial charge is 0.478 e. The summed E-state index contributed by atoms with van der Waals surface area (Å²) in [5.74, 6) is -1.65. The van der Waals surface area contributed by atoms with Gasteiger partial charge in [0.05, 0.1) is 21.9 Å². The Hall–Kier alpha value is -2.16. The highest BCUT2D eigenvalue weighted by molar-refractivity contribution is 7.92. The second-order valence-electron chi connectivity index (χ2n) is 3.30. The van der Waals surface area contributed by atoms with E-state index in [1.54, 1.807) is 0 Å². The number of rotatable bonds is 5. The van der Waals surface area contributed by atoms with E-state index in [1.165, 1.54) is 6.92 Å². The van der Waals surface area contributed by atoms with Crippen LogP contribution in [0.1, 0.15) is 17.3 Å². The molecule has 0 radical (unpaired) electrons. The number of sulfonamides is 1. The van der Waals surface area contributed by atoms with E-state index in [0.717, 1.165) is 18.2 Å². The summed E-state index contributed by atoms with van der Waals surface area (Å²) < 4.78 is 24.7. The maximum absolute atomic E-state index is 11.4. The first kappa shape index (κ1) is 13.9. The van der Waals surface area contributed by atoms with Crippen molar-refractivity contribution >= 4 is 27.4 Å². The molecule has 98 valence electrons. The van der Waals surface area contributed by atoms with Crippen LogP contribution in [-0.4, -0.2) is 30.2 Å². The fourth-order valence-corrected chi connectivity index (χ4v) is 1.80. The van der Waals surface area contributed by atoms with Gasteiger partial charge in [0.25, 0.3) is 5.69 Å². The number of non-ortho nitro benzene ring substituents is 1. The topological polar surface area (TPSA) is 127 Å². The smallest absolute Gasteiger partial charge is 0.337 e. The van der Waals surface area contributed by atoms with Crippen LogP contribution >= 0.6 is 0 Å². The monoisotopic (exact) mass is 274 g/mol. The van der Waals surface area contributed by atoms with Gasteiger partial charge in [0, 0.05) is 12.1 Å². The summed E-state index contributed by atoms with van der Waals surface area (Å²) in [5.41, 5.74) is -1.06. The molecule has 8 nitrogen and oxygen atoms in total. The number of nitrogens with zero attached hydrogens (tertiary/aromatic N) is 1.